The number of nitrogens with zero attached hydrogens (tertiary/aromatic N) is 2. The molecule has 0 aromatic carbocycles. The van der Waals surface area contributed by atoms with E-state index < -0.39 is 30.5 Å². The number of likely N-dealkylation sites (tertiary alicyclic amines) is 1. The minimum absolute atomic E-state index is 0.353. The number of ether oxygens (including phenoxy) is 1. The van der Waals surface area contributed by atoms with E-state index in [1.807, 2.05) is 0 Å². The summed E-state index contributed by atoms with van der Waals surface area (Å²) in [6.07, 6.45) is -1.58. The van der Waals surface area contributed by atoms with E-state index in [4.69, 9.17) is 4.74 Å². The van der Waals surface area contributed by atoms with Gasteiger partial charge in [-0.25, -0.2) is 0 Å². The van der Waals surface area contributed by atoms with Gasteiger partial charge in [0.05, 0.1) is 0 Å². The lowest BCUT2D eigenvalue weighted by atomic mass is 9.95. The number of hydrogen-bond donors (Lipinski definition) is 3. The van der Waals surface area contributed by atoms with Crippen LogP contribution in [-0.2, 0) is 4.74 Å². The van der Waals surface area contributed by atoms with Crippen LogP contribution in [0.4, 0.5) is 0 Å². The van der Waals surface area contributed by atoms with Crippen LogP contribution in [-0.4, -0.2) is 74.4 Å². The van der Waals surface area contributed by atoms with E-state index >= 15 is 0 Å². The Kier molecular flexibility index (Phi) is 3.57. The van der Waals surface area contributed by atoms with Crippen molar-refractivity contribution in [1.82, 2.24) is 4.90 Å². The van der Waals surface area contributed by atoms with E-state index in [0.717, 1.165) is 24.7 Å². The first-order chi connectivity index (χ1) is 9.11. The van der Waals surface area contributed by atoms with E-state index in [0.29, 0.717) is 0 Å². The maximum absolute atomic E-state index is 10.1. The summed E-state index contributed by atoms with van der Waals surface area (Å²) in [4.78, 5) is 6.58. The van der Waals surface area contributed by atoms with Crippen molar-refractivity contribution >= 4 is 16.9 Å². The van der Waals surface area contributed by atoms with Crippen LogP contribution >= 0.6 is 11.8 Å². The normalized spacial score (nSPS) is 43.2. The zero-order valence-electron chi connectivity index (χ0n) is 10.4. The van der Waals surface area contributed by atoms with Crippen LogP contribution in [0, 0.1) is 0 Å². The number of hydrogen-bond acceptors (Lipinski definition) is 7. The van der Waals surface area contributed by atoms with Crippen molar-refractivity contribution in [3.05, 3.63) is 12.7 Å². The lowest BCUT2D eigenvalue weighted by molar-refractivity contribution is -0.176. The first-order valence-corrected chi connectivity index (χ1v) is 7.31. The molecule has 0 spiro atoms. The molecule has 3 rings (SSSR count). The summed E-state index contributed by atoms with van der Waals surface area (Å²) in [7, 11) is 0. The predicted octanol–water partition coefficient (Wildman–Crippen LogP) is -0.843. The first-order valence-electron chi connectivity index (χ1n) is 6.43. The van der Waals surface area contributed by atoms with Gasteiger partial charge in [-0.05, 0) is 6.42 Å². The van der Waals surface area contributed by atoms with Gasteiger partial charge in [0.25, 0.3) is 0 Å². The number of aliphatic hydroxyl groups excluding tert-OH is 3. The average molecular weight is 286 g/mol. The third-order valence-electron chi connectivity index (χ3n) is 3.79. The number of rotatable bonds is 2. The number of amidine groups is 1. The van der Waals surface area contributed by atoms with Crippen molar-refractivity contribution in [1.29, 1.82) is 0 Å². The Balaban J connectivity index is 1.75. The van der Waals surface area contributed by atoms with Gasteiger partial charge in [0, 0.05) is 13.1 Å². The van der Waals surface area contributed by atoms with Crippen molar-refractivity contribution in [2.75, 3.05) is 13.1 Å². The Labute approximate surface area is 115 Å². The van der Waals surface area contributed by atoms with E-state index in [9.17, 15) is 15.3 Å². The molecule has 3 aliphatic rings. The molecular weight excluding hydrogens is 268 g/mol. The van der Waals surface area contributed by atoms with Crippen molar-refractivity contribution in [3.8, 4) is 0 Å². The molecule has 3 N–H and O–H groups in total. The van der Waals surface area contributed by atoms with Crippen LogP contribution in [0.15, 0.2) is 17.6 Å². The van der Waals surface area contributed by atoms with E-state index in [1.165, 1.54) is 17.8 Å². The SMILES string of the molecule is C=C[C@@H](O)C1O[C@@H]2SC(N3CCC3)=N[C@@H]2[C@@H](O)[C@@H]1O. The van der Waals surface area contributed by atoms with Gasteiger partial charge < -0.3 is 25.0 Å². The highest BCUT2D eigenvalue weighted by Gasteiger charge is 2.50. The molecule has 2 fully saturated rings. The van der Waals surface area contributed by atoms with Gasteiger partial charge >= 0.3 is 0 Å². The lowest BCUT2D eigenvalue weighted by Gasteiger charge is -2.39. The Bertz CT molecular complexity index is 401. The highest BCUT2D eigenvalue weighted by Crippen LogP contribution is 2.39. The number of aliphatic imine (C=N–C) groups is 1. The molecule has 2 saturated heterocycles. The van der Waals surface area contributed by atoms with Gasteiger partial charge in [0.1, 0.15) is 35.9 Å². The van der Waals surface area contributed by atoms with Crippen LogP contribution in [0.25, 0.3) is 0 Å². The summed E-state index contributed by atoms with van der Waals surface area (Å²) >= 11 is 1.45. The second-order valence-corrected chi connectivity index (χ2v) is 6.10. The fourth-order valence-electron chi connectivity index (χ4n) is 2.45. The maximum atomic E-state index is 10.1. The van der Waals surface area contributed by atoms with Crippen LogP contribution < -0.4 is 0 Å². The molecule has 0 saturated carbocycles. The zero-order valence-corrected chi connectivity index (χ0v) is 11.2. The summed E-state index contributed by atoms with van der Waals surface area (Å²) in [5.74, 6) is 0. The first kappa shape index (κ1) is 13.4. The smallest absolute Gasteiger partial charge is 0.162 e. The van der Waals surface area contributed by atoms with Crippen molar-refractivity contribution in [3.63, 3.8) is 0 Å². The monoisotopic (exact) mass is 286 g/mol. The van der Waals surface area contributed by atoms with Gasteiger partial charge in [0.15, 0.2) is 5.17 Å². The van der Waals surface area contributed by atoms with Gasteiger partial charge in [0.2, 0.25) is 0 Å². The van der Waals surface area contributed by atoms with Gasteiger partial charge in [-0.3, -0.25) is 4.99 Å². The highest BCUT2D eigenvalue weighted by molar-refractivity contribution is 8.14. The average Bonchev–Trinajstić information content (AvgIpc) is 2.74. The Morgan fingerprint density at radius 1 is 1.42 bits per heavy atom. The second-order valence-electron chi connectivity index (χ2n) is 5.04. The second kappa shape index (κ2) is 5.06. The molecule has 0 aliphatic carbocycles. The van der Waals surface area contributed by atoms with Crippen LogP contribution in [0.5, 0.6) is 0 Å². The molecule has 19 heavy (non-hydrogen) atoms. The molecule has 0 radical (unpaired) electrons. The molecule has 0 aromatic rings. The minimum atomic E-state index is -1.16. The molecule has 1 unspecified atom stereocenters. The molecule has 7 heteroatoms. The van der Waals surface area contributed by atoms with E-state index in [2.05, 4.69) is 16.5 Å². The van der Waals surface area contributed by atoms with Crippen molar-refractivity contribution < 1.29 is 20.1 Å². The highest BCUT2D eigenvalue weighted by atomic mass is 32.2. The Hall–Kier alpha value is -0.600. The summed E-state index contributed by atoms with van der Waals surface area (Å²) in [6.45, 7) is 5.43. The van der Waals surface area contributed by atoms with Crippen molar-refractivity contribution in [2.24, 2.45) is 4.99 Å². The summed E-state index contributed by atoms with van der Waals surface area (Å²) < 4.78 is 5.69. The fourth-order valence-corrected chi connectivity index (χ4v) is 3.72. The molecule has 0 aromatic heterocycles. The number of fused-ring (bicyclic) bond motifs is 1. The standard InChI is InChI=1S/C12H18N2O4S/c1-2-6(15)10-9(17)8(16)7-11(18-10)19-12(13-7)14-4-3-5-14/h2,6-11,15-17H,1,3-5H2/t6-,7-,8-,9+,10?,11-/m1/s1. The topological polar surface area (TPSA) is 85.5 Å². The number of thioether (sulfide) groups is 1. The van der Waals surface area contributed by atoms with Crippen LogP contribution in [0.1, 0.15) is 6.42 Å². The van der Waals surface area contributed by atoms with Crippen molar-refractivity contribution in [2.45, 2.75) is 42.3 Å². The third kappa shape index (κ3) is 2.19. The Morgan fingerprint density at radius 2 is 2.16 bits per heavy atom. The molecule has 3 heterocycles. The molecule has 6 nitrogen and oxygen atoms in total. The summed E-state index contributed by atoms with van der Waals surface area (Å²) in [6, 6.07) is -0.469. The fraction of sp³-hybridized carbons (Fsp3) is 0.750. The molecule has 106 valence electrons. The van der Waals surface area contributed by atoms with Gasteiger partial charge in [-0.2, -0.15) is 0 Å². The maximum Gasteiger partial charge on any atom is 0.162 e. The minimum Gasteiger partial charge on any atom is -0.388 e. The lowest BCUT2D eigenvalue weighted by Crippen LogP contribution is -2.57. The van der Waals surface area contributed by atoms with Gasteiger partial charge in [-0.1, -0.05) is 17.8 Å². The van der Waals surface area contributed by atoms with E-state index in [-0.39, 0.29) is 5.44 Å². The van der Waals surface area contributed by atoms with Crippen LogP contribution in [0.2, 0.25) is 0 Å². The van der Waals surface area contributed by atoms with Gasteiger partial charge in [-0.15, -0.1) is 6.58 Å². The quantitative estimate of drug-likeness (QED) is 0.574. The molecule has 6 atom stereocenters. The predicted molar refractivity (Wildman–Crippen MR) is 71.9 cm³/mol. The molecule has 0 bridgehead atoms. The third-order valence-corrected chi connectivity index (χ3v) is 4.99. The molecule has 0 amide bonds. The molecule has 3 aliphatic heterocycles. The summed E-state index contributed by atoms with van der Waals surface area (Å²) in [5, 5.41) is 30.8. The largest absolute Gasteiger partial charge is 0.388 e. The number of aliphatic hydroxyl groups is 3. The molecular formula is C12H18N2O4S. The zero-order chi connectivity index (χ0) is 13.6. The van der Waals surface area contributed by atoms with Crippen LogP contribution in [0.3, 0.4) is 0 Å². The Morgan fingerprint density at radius 3 is 2.74 bits per heavy atom. The summed E-state index contributed by atoms with van der Waals surface area (Å²) in [5.41, 5.74) is -0.353. The van der Waals surface area contributed by atoms with E-state index in [1.54, 1.807) is 0 Å².